The van der Waals surface area contributed by atoms with Crippen molar-refractivity contribution in [3.8, 4) is 50.6 Å². The van der Waals surface area contributed by atoms with Gasteiger partial charge in [0.2, 0.25) is 0 Å². The topological polar surface area (TPSA) is 30.7 Å². The molecule has 6 heteroatoms. The SMILES string of the molecule is [2H]C([2H])([2H])c1ccc(-c2[c-]cccc2)nc1.[Ir].[c-]1sc2ccc(-c3ccsc3)cc2c1-c1nc2ccccc2n1-c1ccc(-c2ccccc2)cc1. The summed E-state index contributed by atoms with van der Waals surface area (Å²) in [5.41, 5.74) is 11.0. The molecule has 0 saturated heterocycles. The van der Waals surface area contributed by atoms with E-state index in [0.717, 1.165) is 39.4 Å². The van der Waals surface area contributed by atoms with E-state index in [1.54, 1.807) is 40.9 Å². The number of rotatable bonds is 5. The van der Waals surface area contributed by atoms with E-state index in [2.05, 4.69) is 123 Å². The smallest absolute Gasteiger partial charge is 0.0774 e. The number of hydrogen-bond acceptors (Lipinski definition) is 4. The van der Waals surface area contributed by atoms with Crippen molar-refractivity contribution in [2.24, 2.45) is 0 Å². The molecular weight excluding hydrogens is 815 g/mol. The van der Waals surface area contributed by atoms with Gasteiger partial charge in [0.05, 0.1) is 16.9 Å². The second-order valence-electron chi connectivity index (χ2n) is 11.2. The van der Waals surface area contributed by atoms with Crippen molar-refractivity contribution in [3.63, 3.8) is 0 Å². The maximum absolute atomic E-state index is 7.23. The van der Waals surface area contributed by atoms with E-state index in [4.69, 9.17) is 9.10 Å². The van der Waals surface area contributed by atoms with Crippen LogP contribution in [-0.2, 0) is 20.1 Å². The zero-order valence-electron chi connectivity index (χ0n) is 29.0. The van der Waals surface area contributed by atoms with E-state index < -0.39 is 6.85 Å². The Morgan fingerprint density at radius 3 is 2.29 bits per heavy atom. The molecule has 0 aliphatic carbocycles. The van der Waals surface area contributed by atoms with Crippen LogP contribution >= 0.6 is 22.7 Å². The van der Waals surface area contributed by atoms with E-state index in [0.29, 0.717) is 0 Å². The molecule has 9 rings (SSSR count). The van der Waals surface area contributed by atoms with E-state index in [9.17, 15) is 0 Å². The van der Waals surface area contributed by atoms with Crippen LogP contribution in [0.25, 0.3) is 71.7 Å². The number of para-hydroxylation sites is 2. The van der Waals surface area contributed by atoms with Gasteiger partial charge in [0.1, 0.15) is 0 Å². The number of nitrogens with zero attached hydrogens (tertiary/aromatic N) is 3. The Morgan fingerprint density at radius 2 is 1.53 bits per heavy atom. The first-order chi connectivity index (χ1) is 24.9. The van der Waals surface area contributed by atoms with Crippen molar-refractivity contribution in [2.45, 2.75) is 6.85 Å². The number of fused-ring (bicyclic) bond motifs is 2. The third-order valence-corrected chi connectivity index (χ3v) is 9.70. The van der Waals surface area contributed by atoms with Crippen LogP contribution in [0.1, 0.15) is 9.68 Å². The van der Waals surface area contributed by atoms with E-state index in [1.807, 2.05) is 30.3 Å². The summed E-state index contributed by atoms with van der Waals surface area (Å²) >= 11 is 3.38. The van der Waals surface area contributed by atoms with Crippen LogP contribution in [0, 0.1) is 18.3 Å². The number of thiophene rings is 2. The quantitative estimate of drug-likeness (QED) is 0.162. The van der Waals surface area contributed by atoms with Gasteiger partial charge in [-0.25, -0.2) is 0 Å². The molecule has 0 amide bonds. The summed E-state index contributed by atoms with van der Waals surface area (Å²) in [5.74, 6) is 0.923. The van der Waals surface area contributed by atoms with Crippen molar-refractivity contribution >= 4 is 43.8 Å². The summed E-state index contributed by atoms with van der Waals surface area (Å²) in [7, 11) is 0. The molecule has 0 saturated carbocycles. The molecule has 0 unspecified atom stereocenters. The van der Waals surface area contributed by atoms with Gasteiger partial charge in [0.15, 0.2) is 0 Å². The largest absolute Gasteiger partial charge is 0.333 e. The Kier molecular flexibility index (Phi) is 8.67. The maximum Gasteiger partial charge on any atom is 0.0774 e. The second kappa shape index (κ2) is 14.7. The van der Waals surface area contributed by atoms with Crippen molar-refractivity contribution in [1.29, 1.82) is 0 Å². The van der Waals surface area contributed by atoms with Crippen LogP contribution in [0.4, 0.5) is 0 Å². The minimum Gasteiger partial charge on any atom is -0.333 e. The number of pyridine rings is 1. The molecule has 0 N–H and O–H groups in total. The zero-order valence-corrected chi connectivity index (χ0v) is 30.0. The van der Waals surface area contributed by atoms with Crippen LogP contribution in [-0.4, -0.2) is 14.5 Å². The normalized spacial score (nSPS) is 12.0. The average molecular weight is 847 g/mol. The van der Waals surface area contributed by atoms with Crippen molar-refractivity contribution in [3.05, 3.63) is 173 Å². The Hall–Kier alpha value is -4.97. The molecular formula is C43H29IrN3S2-2. The average Bonchev–Trinajstić information content (AvgIpc) is 3.95. The molecule has 49 heavy (non-hydrogen) atoms. The van der Waals surface area contributed by atoms with E-state index in [1.165, 1.54) is 38.5 Å². The minimum atomic E-state index is -2.09. The van der Waals surface area contributed by atoms with Crippen LogP contribution in [0.15, 0.2) is 156 Å². The molecule has 0 fully saturated rings. The molecule has 0 spiro atoms. The van der Waals surface area contributed by atoms with Crippen LogP contribution < -0.4 is 0 Å². The molecule has 5 aromatic carbocycles. The van der Waals surface area contributed by atoms with Crippen LogP contribution in [0.3, 0.4) is 0 Å². The maximum atomic E-state index is 7.23. The third-order valence-electron chi connectivity index (χ3n) is 8.13. The first-order valence-corrected chi connectivity index (χ1v) is 17.2. The van der Waals surface area contributed by atoms with Gasteiger partial charge >= 0.3 is 0 Å². The van der Waals surface area contributed by atoms with Gasteiger partial charge in [0.25, 0.3) is 0 Å². The summed E-state index contributed by atoms with van der Waals surface area (Å²) in [6.07, 6.45) is 1.39. The van der Waals surface area contributed by atoms with Crippen LogP contribution in [0.5, 0.6) is 0 Å². The second-order valence-corrected chi connectivity index (χ2v) is 12.8. The number of benzene rings is 5. The van der Waals surface area contributed by atoms with Gasteiger partial charge < -0.3 is 9.55 Å². The predicted molar refractivity (Wildman–Crippen MR) is 203 cm³/mol. The summed E-state index contributed by atoms with van der Waals surface area (Å²) in [4.78, 5) is 9.22. The monoisotopic (exact) mass is 847 g/mol. The molecule has 0 bridgehead atoms. The van der Waals surface area contributed by atoms with Gasteiger partial charge in [-0.2, -0.15) is 11.3 Å². The fourth-order valence-electron chi connectivity index (χ4n) is 5.74. The number of imidazole rings is 1. The molecule has 239 valence electrons. The fraction of sp³-hybridized carbons (Fsp3) is 0.0233. The van der Waals surface area contributed by atoms with Crippen molar-refractivity contribution < 1.29 is 24.2 Å². The zero-order chi connectivity index (χ0) is 34.8. The Bertz CT molecular complexity index is 2540. The molecule has 0 aliphatic heterocycles. The number of aryl methyl sites for hydroxylation is 1. The molecule has 3 nitrogen and oxygen atoms in total. The van der Waals surface area contributed by atoms with Gasteiger partial charge in [0, 0.05) is 36.1 Å². The fourth-order valence-corrected chi connectivity index (χ4v) is 7.23. The molecule has 1 radical (unpaired) electrons. The standard InChI is InChI=1S/C31H19N2S2.C12H10N.Ir/c1-2-6-21(7-3-1)22-10-13-25(14-11-22)33-29-9-5-4-8-28(29)32-31(33)27-20-35-30-15-12-23(18-26(27)30)24-16-17-34-19-24;1-10-7-8-12(13-9-10)11-5-3-2-4-6-11;/h1-19H;2-5,7-9H,1H3;/q2*-1;/i;1D3;. The van der Waals surface area contributed by atoms with E-state index >= 15 is 0 Å². The predicted octanol–water partition coefficient (Wildman–Crippen LogP) is 12.0. The minimum absolute atomic E-state index is 0. The first kappa shape index (κ1) is 29.0. The van der Waals surface area contributed by atoms with Gasteiger partial charge in [-0.15, -0.1) is 41.3 Å². The third kappa shape index (κ3) is 6.82. The Morgan fingerprint density at radius 1 is 0.735 bits per heavy atom. The number of aromatic nitrogens is 3. The molecule has 0 aliphatic rings. The summed E-state index contributed by atoms with van der Waals surface area (Å²) in [5, 5.41) is 9.08. The van der Waals surface area contributed by atoms with E-state index in [-0.39, 0.29) is 25.7 Å². The van der Waals surface area contributed by atoms with Crippen molar-refractivity contribution in [2.75, 3.05) is 0 Å². The van der Waals surface area contributed by atoms with Gasteiger partial charge in [-0.1, -0.05) is 101 Å². The summed E-state index contributed by atoms with van der Waals surface area (Å²) < 4.78 is 25.2. The Balaban J connectivity index is 0.000000209. The Labute approximate surface area is 311 Å². The molecule has 4 heterocycles. The summed E-state index contributed by atoms with van der Waals surface area (Å²) in [6, 6.07) is 50.2. The van der Waals surface area contributed by atoms with Gasteiger partial charge in [-0.05, 0) is 81.5 Å². The van der Waals surface area contributed by atoms with Gasteiger partial charge in [-0.3, -0.25) is 16.3 Å². The molecule has 0 atom stereocenters. The first-order valence-electron chi connectivity index (χ1n) is 17.0. The number of hydrogen-bond donors (Lipinski definition) is 0. The van der Waals surface area contributed by atoms with Crippen molar-refractivity contribution in [1.82, 2.24) is 14.5 Å². The van der Waals surface area contributed by atoms with Crippen LogP contribution in [0.2, 0.25) is 0 Å². The molecule has 4 aromatic heterocycles. The molecule has 9 aromatic rings. The summed E-state index contributed by atoms with van der Waals surface area (Å²) in [6.45, 7) is -2.09.